The van der Waals surface area contributed by atoms with Crippen molar-refractivity contribution in [3.63, 3.8) is 0 Å². The predicted octanol–water partition coefficient (Wildman–Crippen LogP) is 3.02. The number of thiazole rings is 1. The maximum absolute atomic E-state index is 11.3. The number of hydrogen-bond acceptors (Lipinski definition) is 6. The van der Waals surface area contributed by atoms with E-state index >= 15 is 0 Å². The maximum atomic E-state index is 11.3. The minimum absolute atomic E-state index is 0.144. The minimum atomic E-state index is -0.314. The van der Waals surface area contributed by atoms with Gasteiger partial charge < -0.3 is 10.2 Å². The molecule has 0 radical (unpaired) electrons. The van der Waals surface area contributed by atoms with E-state index in [-0.39, 0.29) is 16.7 Å². The van der Waals surface area contributed by atoms with Crippen LogP contribution in [0.25, 0.3) is 10.2 Å². The van der Waals surface area contributed by atoms with Crippen LogP contribution in [0.4, 0.5) is 11.4 Å². The van der Waals surface area contributed by atoms with Crippen LogP contribution >= 0.6 is 11.3 Å². The van der Waals surface area contributed by atoms with E-state index in [1.54, 1.807) is 6.07 Å². The lowest BCUT2D eigenvalue weighted by Crippen LogP contribution is -2.36. The Morgan fingerprint density at radius 3 is 2.81 bits per heavy atom. The summed E-state index contributed by atoms with van der Waals surface area (Å²) in [4.78, 5) is 17.7. The SMILES string of the molecule is Cc1nc2cc(NC3CCN(C)CC3)c([N+](=O)[O-])cc2s1. The number of nitro groups is 1. The fourth-order valence-electron chi connectivity index (χ4n) is 2.72. The van der Waals surface area contributed by atoms with Crippen LogP contribution < -0.4 is 5.32 Å². The van der Waals surface area contributed by atoms with Gasteiger partial charge in [0.05, 0.1) is 20.1 Å². The van der Waals surface area contributed by atoms with E-state index in [1.165, 1.54) is 11.3 Å². The van der Waals surface area contributed by atoms with E-state index < -0.39 is 0 Å². The number of nitrogens with zero attached hydrogens (tertiary/aromatic N) is 3. The molecule has 1 aromatic heterocycles. The molecule has 1 aromatic carbocycles. The van der Waals surface area contributed by atoms with E-state index in [9.17, 15) is 10.1 Å². The van der Waals surface area contributed by atoms with Crippen LogP contribution in [-0.4, -0.2) is 41.0 Å². The van der Waals surface area contributed by atoms with Crippen molar-refractivity contribution in [2.24, 2.45) is 0 Å². The second-order valence-electron chi connectivity index (χ2n) is 5.55. The smallest absolute Gasteiger partial charge is 0.293 e. The Morgan fingerprint density at radius 1 is 1.43 bits per heavy atom. The molecule has 2 aromatic rings. The summed E-state index contributed by atoms with van der Waals surface area (Å²) in [5.41, 5.74) is 1.57. The molecular formula is C14H18N4O2S. The van der Waals surface area contributed by atoms with Crippen LogP contribution in [0.1, 0.15) is 17.8 Å². The zero-order valence-corrected chi connectivity index (χ0v) is 12.9. The topological polar surface area (TPSA) is 71.3 Å². The van der Waals surface area contributed by atoms with Crippen LogP contribution in [0, 0.1) is 17.0 Å². The third-order valence-electron chi connectivity index (χ3n) is 3.89. The first-order valence-electron chi connectivity index (χ1n) is 7.03. The molecular weight excluding hydrogens is 288 g/mol. The molecule has 0 amide bonds. The van der Waals surface area contributed by atoms with Gasteiger partial charge in [-0.1, -0.05) is 0 Å². The Kier molecular flexibility index (Phi) is 3.77. The van der Waals surface area contributed by atoms with E-state index in [0.29, 0.717) is 5.69 Å². The standard InChI is InChI=1S/C14H18N4O2S/c1-9-15-12-7-11(13(18(19)20)8-14(12)21-9)16-10-3-5-17(2)6-4-10/h7-8,10,16H,3-6H2,1-2H3. The van der Waals surface area contributed by atoms with E-state index in [2.05, 4.69) is 22.2 Å². The number of fused-ring (bicyclic) bond motifs is 1. The van der Waals surface area contributed by atoms with Crippen molar-refractivity contribution in [2.45, 2.75) is 25.8 Å². The molecule has 1 aliphatic heterocycles. The third-order valence-corrected chi connectivity index (χ3v) is 4.82. The summed E-state index contributed by atoms with van der Waals surface area (Å²) in [5.74, 6) is 0. The van der Waals surface area contributed by atoms with Gasteiger partial charge in [0, 0.05) is 12.1 Å². The number of nitrogens with one attached hydrogen (secondary N) is 1. The Hall–Kier alpha value is -1.73. The molecule has 0 saturated carbocycles. The highest BCUT2D eigenvalue weighted by Gasteiger charge is 2.22. The van der Waals surface area contributed by atoms with Gasteiger partial charge in [0.1, 0.15) is 5.69 Å². The molecule has 1 fully saturated rings. The molecule has 1 saturated heterocycles. The molecule has 7 heteroatoms. The summed E-state index contributed by atoms with van der Waals surface area (Å²) in [6, 6.07) is 3.74. The number of aryl methyl sites for hydroxylation is 1. The molecule has 2 heterocycles. The van der Waals surface area contributed by atoms with Gasteiger partial charge in [0.15, 0.2) is 0 Å². The maximum Gasteiger partial charge on any atom is 0.293 e. The van der Waals surface area contributed by atoms with Gasteiger partial charge in [-0.3, -0.25) is 10.1 Å². The third kappa shape index (κ3) is 2.98. The monoisotopic (exact) mass is 306 g/mol. The summed E-state index contributed by atoms with van der Waals surface area (Å²) in [5, 5.41) is 15.6. The van der Waals surface area contributed by atoms with E-state index in [1.807, 2.05) is 13.0 Å². The molecule has 3 rings (SSSR count). The lowest BCUT2D eigenvalue weighted by molar-refractivity contribution is -0.383. The molecule has 0 bridgehead atoms. The van der Waals surface area contributed by atoms with Crippen molar-refractivity contribution in [2.75, 3.05) is 25.5 Å². The van der Waals surface area contributed by atoms with Crippen LogP contribution in [0.5, 0.6) is 0 Å². The normalized spacial score (nSPS) is 17.2. The van der Waals surface area contributed by atoms with Crippen molar-refractivity contribution >= 4 is 32.9 Å². The average molecular weight is 306 g/mol. The molecule has 1 N–H and O–H groups in total. The summed E-state index contributed by atoms with van der Waals surface area (Å²) >= 11 is 1.49. The van der Waals surface area contributed by atoms with Crippen LogP contribution in [0.2, 0.25) is 0 Å². The Morgan fingerprint density at radius 2 is 2.14 bits per heavy atom. The zero-order valence-electron chi connectivity index (χ0n) is 12.1. The molecule has 0 unspecified atom stereocenters. The summed E-state index contributed by atoms with van der Waals surface area (Å²) in [6.45, 7) is 3.95. The van der Waals surface area contributed by atoms with Gasteiger partial charge in [-0.25, -0.2) is 4.98 Å². The van der Waals surface area contributed by atoms with Crippen molar-refractivity contribution in [3.8, 4) is 0 Å². The number of rotatable bonds is 3. The van der Waals surface area contributed by atoms with Gasteiger partial charge in [0.25, 0.3) is 5.69 Å². The highest BCUT2D eigenvalue weighted by atomic mass is 32.1. The molecule has 1 aliphatic rings. The number of hydrogen-bond donors (Lipinski definition) is 1. The highest BCUT2D eigenvalue weighted by molar-refractivity contribution is 7.18. The summed E-state index contributed by atoms with van der Waals surface area (Å²) < 4.78 is 0.869. The first kappa shape index (κ1) is 14.2. The first-order valence-corrected chi connectivity index (χ1v) is 7.85. The number of likely N-dealkylation sites (tertiary alicyclic amines) is 1. The minimum Gasteiger partial charge on any atom is -0.377 e. The summed E-state index contributed by atoms with van der Waals surface area (Å²) in [6.07, 6.45) is 2.00. The van der Waals surface area contributed by atoms with E-state index in [4.69, 9.17) is 0 Å². The van der Waals surface area contributed by atoms with Crippen molar-refractivity contribution in [1.29, 1.82) is 0 Å². The quantitative estimate of drug-likeness (QED) is 0.697. The zero-order chi connectivity index (χ0) is 15.0. The average Bonchev–Trinajstić information content (AvgIpc) is 2.79. The van der Waals surface area contributed by atoms with Crippen LogP contribution in [-0.2, 0) is 0 Å². The molecule has 112 valence electrons. The van der Waals surface area contributed by atoms with Gasteiger partial charge in [0.2, 0.25) is 0 Å². The van der Waals surface area contributed by atoms with Crippen molar-refractivity contribution < 1.29 is 4.92 Å². The lowest BCUT2D eigenvalue weighted by Gasteiger charge is -2.30. The van der Waals surface area contributed by atoms with Gasteiger partial charge in [-0.15, -0.1) is 11.3 Å². The summed E-state index contributed by atoms with van der Waals surface area (Å²) in [7, 11) is 2.10. The first-order chi connectivity index (χ1) is 10.0. The van der Waals surface area contributed by atoms with Crippen LogP contribution in [0.15, 0.2) is 12.1 Å². The fourth-order valence-corrected chi connectivity index (χ4v) is 3.56. The molecule has 0 atom stereocenters. The molecule has 6 nitrogen and oxygen atoms in total. The Labute approximate surface area is 126 Å². The lowest BCUT2D eigenvalue weighted by atomic mass is 10.0. The highest BCUT2D eigenvalue weighted by Crippen LogP contribution is 2.34. The van der Waals surface area contributed by atoms with Crippen molar-refractivity contribution in [1.82, 2.24) is 9.88 Å². The van der Waals surface area contributed by atoms with Gasteiger partial charge >= 0.3 is 0 Å². The van der Waals surface area contributed by atoms with Crippen molar-refractivity contribution in [3.05, 3.63) is 27.3 Å². The number of anilines is 1. The number of nitro benzene ring substituents is 1. The van der Waals surface area contributed by atoms with E-state index in [0.717, 1.165) is 41.2 Å². The second-order valence-corrected chi connectivity index (χ2v) is 6.78. The second kappa shape index (κ2) is 5.57. The number of benzene rings is 1. The molecule has 21 heavy (non-hydrogen) atoms. The largest absolute Gasteiger partial charge is 0.377 e. The fraction of sp³-hybridized carbons (Fsp3) is 0.500. The molecule has 0 spiro atoms. The Balaban J connectivity index is 1.92. The van der Waals surface area contributed by atoms with Gasteiger partial charge in [-0.05, 0) is 46.0 Å². The number of piperidine rings is 1. The Bertz CT molecular complexity index is 677. The van der Waals surface area contributed by atoms with Gasteiger partial charge in [-0.2, -0.15) is 0 Å². The van der Waals surface area contributed by atoms with Crippen LogP contribution in [0.3, 0.4) is 0 Å². The molecule has 0 aliphatic carbocycles. The predicted molar refractivity (Wildman–Crippen MR) is 85.2 cm³/mol. The number of aromatic nitrogens is 1.